The molecule has 10 heteroatoms. The molecule has 0 spiro atoms. The van der Waals surface area contributed by atoms with E-state index in [4.69, 9.17) is 23.2 Å². The maximum Gasteiger partial charge on any atom is 0.331 e. The molecule has 0 radical (unpaired) electrons. The van der Waals surface area contributed by atoms with Crippen LogP contribution in [-0.4, -0.2) is 21.6 Å². The van der Waals surface area contributed by atoms with E-state index in [0.717, 1.165) is 10.5 Å². The summed E-state index contributed by atoms with van der Waals surface area (Å²) < 4.78 is 17.6. The van der Waals surface area contributed by atoms with Crippen LogP contribution in [0.4, 0.5) is 10.1 Å². The zero-order valence-electron chi connectivity index (χ0n) is 20.5. The van der Waals surface area contributed by atoms with Gasteiger partial charge in [0.1, 0.15) is 11.4 Å². The van der Waals surface area contributed by atoms with E-state index in [1.54, 1.807) is 30.6 Å². The van der Waals surface area contributed by atoms with Gasteiger partial charge in [0.15, 0.2) is 12.4 Å². The second kappa shape index (κ2) is 10.0. The number of H-pyrrole nitrogens is 1. The van der Waals surface area contributed by atoms with Crippen LogP contribution in [0.5, 0.6) is 0 Å². The lowest BCUT2D eigenvalue weighted by atomic mass is 10.0. The van der Waals surface area contributed by atoms with Gasteiger partial charge in [-0.15, -0.1) is 0 Å². The number of pyridine rings is 1. The Labute approximate surface area is 227 Å². The number of imide groups is 1. The molecular weight excluding hydrogens is 530 g/mol. The SMILES string of the molecule is CCCc1[nH]n(-c2ccc(Cl)c(Cl)c2)c(=O)c1C1=C([n+]2cccc(C)c2)C(=O)N(c2ccccc2F)C1=O. The Hall–Kier alpha value is -4.01. The molecule has 2 aromatic carbocycles. The lowest BCUT2D eigenvalue weighted by Gasteiger charge is -2.14. The second-order valence-corrected chi connectivity index (χ2v) is 9.68. The van der Waals surface area contributed by atoms with Crippen molar-refractivity contribution in [1.82, 2.24) is 9.78 Å². The molecule has 2 amide bonds. The Morgan fingerprint density at radius 2 is 1.74 bits per heavy atom. The number of amides is 2. The number of carbonyl (C=O) groups is 2. The van der Waals surface area contributed by atoms with Crippen molar-refractivity contribution in [3.8, 4) is 5.69 Å². The van der Waals surface area contributed by atoms with E-state index < -0.39 is 23.2 Å². The summed E-state index contributed by atoms with van der Waals surface area (Å²) in [7, 11) is 0. The number of aromatic amines is 1. The minimum Gasteiger partial charge on any atom is -0.294 e. The summed E-state index contributed by atoms with van der Waals surface area (Å²) in [5.74, 6) is -2.27. The van der Waals surface area contributed by atoms with Gasteiger partial charge in [-0.3, -0.25) is 19.5 Å². The van der Waals surface area contributed by atoms with Crippen LogP contribution < -0.4 is 15.0 Å². The molecule has 7 nitrogen and oxygen atoms in total. The summed E-state index contributed by atoms with van der Waals surface area (Å²) in [6, 6.07) is 13.8. The Morgan fingerprint density at radius 1 is 0.974 bits per heavy atom. The topological polar surface area (TPSA) is 79.1 Å². The molecule has 0 saturated heterocycles. The Morgan fingerprint density at radius 3 is 2.42 bits per heavy atom. The van der Waals surface area contributed by atoms with Crippen molar-refractivity contribution >= 4 is 52.0 Å². The van der Waals surface area contributed by atoms with Gasteiger partial charge >= 0.3 is 5.91 Å². The number of carbonyl (C=O) groups excluding carboxylic acids is 2. The average Bonchev–Trinajstić information content (AvgIpc) is 3.33. The number of halogens is 3. The fraction of sp³-hybridized carbons (Fsp3) is 0.143. The monoisotopic (exact) mass is 551 g/mol. The number of hydrogen-bond acceptors (Lipinski definition) is 3. The molecule has 0 fully saturated rings. The number of anilines is 1. The summed E-state index contributed by atoms with van der Waals surface area (Å²) in [4.78, 5) is 42.5. The van der Waals surface area contributed by atoms with Crippen molar-refractivity contribution in [1.29, 1.82) is 0 Å². The van der Waals surface area contributed by atoms with Crippen LogP contribution in [0.15, 0.2) is 71.8 Å². The highest BCUT2D eigenvalue weighted by atomic mass is 35.5. The van der Waals surface area contributed by atoms with E-state index in [-0.39, 0.29) is 27.5 Å². The van der Waals surface area contributed by atoms with Crippen LogP contribution in [0.25, 0.3) is 17.0 Å². The highest BCUT2D eigenvalue weighted by Gasteiger charge is 2.48. The summed E-state index contributed by atoms with van der Waals surface area (Å²) in [6.07, 6.45) is 4.35. The van der Waals surface area contributed by atoms with E-state index in [0.29, 0.717) is 29.2 Å². The molecule has 5 rings (SSSR count). The van der Waals surface area contributed by atoms with E-state index in [2.05, 4.69) is 5.10 Å². The van der Waals surface area contributed by atoms with Gasteiger partial charge in [0.05, 0.1) is 27.0 Å². The Balaban J connectivity index is 1.80. The predicted molar refractivity (Wildman–Crippen MR) is 144 cm³/mol. The maximum absolute atomic E-state index is 14.8. The largest absolute Gasteiger partial charge is 0.331 e. The minimum atomic E-state index is -0.793. The van der Waals surface area contributed by atoms with Gasteiger partial charge in [-0.2, -0.15) is 4.57 Å². The van der Waals surface area contributed by atoms with Crippen LogP contribution in [0, 0.1) is 12.7 Å². The van der Waals surface area contributed by atoms with Crippen molar-refractivity contribution in [3.63, 3.8) is 0 Å². The van der Waals surface area contributed by atoms with Crippen molar-refractivity contribution in [2.75, 3.05) is 4.90 Å². The molecule has 0 aliphatic carbocycles. The molecule has 2 aromatic heterocycles. The third kappa shape index (κ3) is 4.25. The summed E-state index contributed by atoms with van der Waals surface area (Å²) in [5.41, 5.74) is 0.819. The number of aromatic nitrogens is 3. The fourth-order valence-corrected chi connectivity index (χ4v) is 4.84. The molecule has 1 aliphatic heterocycles. The van der Waals surface area contributed by atoms with Crippen LogP contribution >= 0.6 is 23.2 Å². The number of aryl methyl sites for hydroxylation is 2. The highest BCUT2D eigenvalue weighted by molar-refractivity contribution is 6.53. The predicted octanol–water partition coefficient (Wildman–Crippen LogP) is 5.10. The Bertz CT molecular complexity index is 1710. The number of rotatable bonds is 6. The molecule has 0 unspecified atom stereocenters. The van der Waals surface area contributed by atoms with Gasteiger partial charge < -0.3 is 0 Å². The first-order valence-electron chi connectivity index (χ1n) is 11.9. The van der Waals surface area contributed by atoms with Gasteiger partial charge in [0, 0.05) is 17.3 Å². The van der Waals surface area contributed by atoms with E-state index in [1.165, 1.54) is 39.6 Å². The van der Waals surface area contributed by atoms with Gasteiger partial charge in [-0.1, -0.05) is 48.7 Å². The van der Waals surface area contributed by atoms with Crippen molar-refractivity contribution < 1.29 is 18.5 Å². The first kappa shape index (κ1) is 25.6. The lowest BCUT2D eigenvalue weighted by molar-refractivity contribution is -0.577. The number of para-hydroxylation sites is 1. The summed E-state index contributed by atoms with van der Waals surface area (Å²) in [6.45, 7) is 3.76. The van der Waals surface area contributed by atoms with Crippen LogP contribution in [0.1, 0.15) is 30.2 Å². The molecule has 0 bridgehead atoms. The van der Waals surface area contributed by atoms with Gasteiger partial charge in [-0.05, 0) is 49.7 Å². The van der Waals surface area contributed by atoms with Crippen LogP contribution in [-0.2, 0) is 16.0 Å². The Kier molecular flexibility index (Phi) is 6.77. The number of nitrogens with one attached hydrogen (secondary N) is 1. The van der Waals surface area contributed by atoms with Gasteiger partial charge in [0.2, 0.25) is 0 Å². The minimum absolute atomic E-state index is 0.0408. The molecule has 38 heavy (non-hydrogen) atoms. The fourth-order valence-electron chi connectivity index (χ4n) is 4.54. The quantitative estimate of drug-likeness (QED) is 0.267. The summed E-state index contributed by atoms with van der Waals surface area (Å²) >= 11 is 12.3. The maximum atomic E-state index is 14.8. The third-order valence-electron chi connectivity index (χ3n) is 6.24. The zero-order valence-corrected chi connectivity index (χ0v) is 22.0. The first-order valence-corrected chi connectivity index (χ1v) is 12.6. The molecular formula is C28H22Cl2FN4O3+. The smallest absolute Gasteiger partial charge is 0.294 e. The van der Waals surface area contributed by atoms with Crippen LogP contribution in [0.2, 0.25) is 10.0 Å². The van der Waals surface area contributed by atoms with Gasteiger partial charge in [0.25, 0.3) is 17.2 Å². The molecule has 1 aliphatic rings. The lowest BCUT2D eigenvalue weighted by Crippen LogP contribution is -2.40. The number of benzene rings is 2. The molecule has 1 N–H and O–H groups in total. The second-order valence-electron chi connectivity index (χ2n) is 8.86. The van der Waals surface area contributed by atoms with Gasteiger partial charge in [-0.25, -0.2) is 14.0 Å². The van der Waals surface area contributed by atoms with Crippen molar-refractivity contribution in [2.45, 2.75) is 26.7 Å². The number of hydrogen-bond donors (Lipinski definition) is 1. The molecule has 4 aromatic rings. The average molecular weight is 552 g/mol. The van der Waals surface area contributed by atoms with E-state index >= 15 is 0 Å². The molecule has 0 atom stereocenters. The number of nitrogens with zero attached hydrogens (tertiary/aromatic N) is 3. The van der Waals surface area contributed by atoms with E-state index in [9.17, 15) is 18.8 Å². The third-order valence-corrected chi connectivity index (χ3v) is 6.98. The highest BCUT2D eigenvalue weighted by Crippen LogP contribution is 2.35. The standard InChI is InChI=1S/C28H21Cl2FN4O3/c1-3-7-21-23(27(37)35(32-21)17-11-12-18(29)19(30)14-17)24-25(33-13-6-8-16(2)15-33)28(38)34(26(24)36)22-10-5-4-9-20(22)31/h4-6,8-15H,3,7H2,1-2H3/p+1. The molecule has 3 heterocycles. The first-order chi connectivity index (χ1) is 18.2. The van der Waals surface area contributed by atoms with Crippen molar-refractivity contribution in [3.05, 3.63) is 110 Å². The zero-order chi connectivity index (χ0) is 27.1. The molecule has 0 saturated carbocycles. The van der Waals surface area contributed by atoms with Crippen molar-refractivity contribution in [2.24, 2.45) is 0 Å². The normalized spacial score (nSPS) is 13.7. The van der Waals surface area contributed by atoms with Crippen LogP contribution in [0.3, 0.4) is 0 Å². The summed E-state index contributed by atoms with van der Waals surface area (Å²) in [5, 5.41) is 3.65. The van der Waals surface area contributed by atoms with E-state index in [1.807, 2.05) is 19.9 Å². The molecule has 192 valence electrons.